The average Bonchev–Trinajstić information content (AvgIpc) is 2.97. The molecule has 1 aromatic heterocycles. The van der Waals surface area contributed by atoms with Crippen LogP contribution in [-0.2, 0) is 11.3 Å². The zero-order chi connectivity index (χ0) is 14.5. The molecule has 2 atom stereocenters. The van der Waals surface area contributed by atoms with Crippen LogP contribution in [0.4, 0.5) is 0 Å². The summed E-state index contributed by atoms with van der Waals surface area (Å²) in [5, 5.41) is 5.71. The second-order valence-corrected chi connectivity index (χ2v) is 6.58. The molecule has 1 aromatic rings. The van der Waals surface area contributed by atoms with E-state index < -0.39 is 0 Å². The van der Waals surface area contributed by atoms with E-state index in [2.05, 4.69) is 22.6 Å². The van der Waals surface area contributed by atoms with Gasteiger partial charge in [-0.2, -0.15) is 0 Å². The summed E-state index contributed by atoms with van der Waals surface area (Å²) < 4.78 is 0. The van der Waals surface area contributed by atoms with Gasteiger partial charge in [-0.25, -0.2) is 4.98 Å². The molecular weight excluding hydrogens is 270 g/mol. The number of aromatic nitrogens is 1. The summed E-state index contributed by atoms with van der Waals surface area (Å²) in [5.74, 6) is 0.943. The Hall–Kier alpha value is -0.940. The lowest BCUT2D eigenvalue weighted by Crippen LogP contribution is -2.51. The van der Waals surface area contributed by atoms with E-state index in [1.807, 2.05) is 24.3 Å². The number of hydrogen-bond acceptors (Lipinski definition) is 4. The monoisotopic (exact) mass is 295 g/mol. The average molecular weight is 295 g/mol. The van der Waals surface area contributed by atoms with Crippen LogP contribution in [0.15, 0.2) is 10.9 Å². The van der Waals surface area contributed by atoms with Crippen LogP contribution in [0.2, 0.25) is 0 Å². The molecule has 0 aliphatic carbocycles. The fourth-order valence-electron chi connectivity index (χ4n) is 2.84. The number of amides is 1. The standard InChI is InChI=1S/C15H25N3OS/c1-4-12-8-18(15(19)11(2)3)6-5-14(12)16-7-13-9-20-10-17-13/h9-12,14,16H,4-8H2,1-3H3/t12-,14-/m0/s1. The van der Waals surface area contributed by atoms with Crippen LogP contribution in [0.3, 0.4) is 0 Å². The SMILES string of the molecule is CC[C@H]1CN(C(=O)C(C)C)CC[C@@H]1NCc1cscn1. The summed E-state index contributed by atoms with van der Waals surface area (Å²) in [6, 6.07) is 0.498. The molecule has 112 valence electrons. The fourth-order valence-corrected chi connectivity index (χ4v) is 3.40. The van der Waals surface area contributed by atoms with Gasteiger partial charge in [-0.3, -0.25) is 4.79 Å². The van der Waals surface area contributed by atoms with E-state index in [1.165, 1.54) is 0 Å². The van der Waals surface area contributed by atoms with E-state index in [1.54, 1.807) is 11.3 Å². The zero-order valence-electron chi connectivity index (χ0n) is 12.6. The van der Waals surface area contributed by atoms with Gasteiger partial charge in [0.1, 0.15) is 0 Å². The van der Waals surface area contributed by atoms with Gasteiger partial charge < -0.3 is 10.2 Å². The lowest BCUT2D eigenvalue weighted by atomic mass is 9.89. The van der Waals surface area contributed by atoms with Crippen molar-refractivity contribution in [3.8, 4) is 0 Å². The molecule has 2 heterocycles. The Bertz CT molecular complexity index is 419. The minimum Gasteiger partial charge on any atom is -0.342 e. The maximum absolute atomic E-state index is 12.1. The molecule has 1 saturated heterocycles. The van der Waals surface area contributed by atoms with Crippen molar-refractivity contribution in [3.05, 3.63) is 16.6 Å². The number of hydrogen-bond donors (Lipinski definition) is 1. The molecule has 0 bridgehead atoms. The summed E-state index contributed by atoms with van der Waals surface area (Å²) in [6.45, 7) is 8.78. The van der Waals surface area contributed by atoms with E-state index in [0.717, 1.165) is 38.2 Å². The molecule has 2 rings (SSSR count). The molecule has 4 nitrogen and oxygen atoms in total. The number of carbonyl (C=O) groups excluding carboxylic acids is 1. The Kier molecular flexibility index (Phi) is 5.54. The Labute approximate surface area is 125 Å². The van der Waals surface area contributed by atoms with Crippen LogP contribution in [0.5, 0.6) is 0 Å². The molecule has 1 amide bonds. The lowest BCUT2D eigenvalue weighted by molar-refractivity contribution is -0.136. The topological polar surface area (TPSA) is 45.2 Å². The van der Waals surface area contributed by atoms with Crippen LogP contribution in [0, 0.1) is 11.8 Å². The van der Waals surface area contributed by atoms with Gasteiger partial charge in [-0.1, -0.05) is 27.2 Å². The third-order valence-corrected chi connectivity index (χ3v) is 4.73. The van der Waals surface area contributed by atoms with Gasteiger partial charge in [0.2, 0.25) is 5.91 Å². The van der Waals surface area contributed by atoms with Crippen molar-refractivity contribution in [2.24, 2.45) is 11.8 Å². The molecule has 1 fully saturated rings. The normalized spacial score (nSPS) is 23.3. The van der Waals surface area contributed by atoms with Gasteiger partial charge in [-0.15, -0.1) is 11.3 Å². The quantitative estimate of drug-likeness (QED) is 0.908. The number of piperidine rings is 1. The Morgan fingerprint density at radius 2 is 2.40 bits per heavy atom. The summed E-state index contributed by atoms with van der Waals surface area (Å²) in [7, 11) is 0. The van der Waals surface area contributed by atoms with Crippen LogP contribution in [0.1, 0.15) is 39.3 Å². The van der Waals surface area contributed by atoms with Gasteiger partial charge in [0.05, 0.1) is 11.2 Å². The maximum Gasteiger partial charge on any atom is 0.225 e. The highest BCUT2D eigenvalue weighted by atomic mass is 32.1. The minimum absolute atomic E-state index is 0.104. The van der Waals surface area contributed by atoms with Gasteiger partial charge in [-0.05, 0) is 12.3 Å². The van der Waals surface area contributed by atoms with Gasteiger partial charge >= 0.3 is 0 Å². The molecule has 1 N–H and O–H groups in total. The predicted molar refractivity (Wildman–Crippen MR) is 82.6 cm³/mol. The van der Waals surface area contributed by atoms with E-state index in [-0.39, 0.29) is 5.92 Å². The number of likely N-dealkylation sites (tertiary alicyclic amines) is 1. The number of thiazole rings is 1. The molecule has 5 heteroatoms. The first-order chi connectivity index (χ1) is 9.61. The van der Waals surface area contributed by atoms with Crippen LogP contribution in [-0.4, -0.2) is 34.9 Å². The fraction of sp³-hybridized carbons (Fsp3) is 0.733. The van der Waals surface area contributed by atoms with Crippen molar-refractivity contribution in [3.63, 3.8) is 0 Å². The van der Waals surface area contributed by atoms with Crippen molar-refractivity contribution in [2.75, 3.05) is 13.1 Å². The molecule has 1 aliphatic heterocycles. The Morgan fingerprint density at radius 1 is 1.60 bits per heavy atom. The molecule has 20 heavy (non-hydrogen) atoms. The maximum atomic E-state index is 12.1. The number of rotatable bonds is 5. The first-order valence-corrected chi connectivity index (χ1v) is 8.45. The molecule has 0 spiro atoms. The number of nitrogens with one attached hydrogen (secondary N) is 1. The molecule has 1 aliphatic rings. The summed E-state index contributed by atoms with van der Waals surface area (Å²) in [6.07, 6.45) is 2.15. The minimum atomic E-state index is 0.104. The zero-order valence-corrected chi connectivity index (χ0v) is 13.4. The molecular formula is C15H25N3OS. The first kappa shape index (κ1) is 15.4. The largest absolute Gasteiger partial charge is 0.342 e. The highest BCUT2D eigenvalue weighted by Gasteiger charge is 2.30. The van der Waals surface area contributed by atoms with Gasteiger partial charge in [0, 0.05) is 37.0 Å². The van der Waals surface area contributed by atoms with Crippen LogP contribution >= 0.6 is 11.3 Å². The van der Waals surface area contributed by atoms with Crippen molar-refractivity contribution in [1.82, 2.24) is 15.2 Å². The third-order valence-electron chi connectivity index (χ3n) is 4.09. The van der Waals surface area contributed by atoms with Crippen molar-refractivity contribution in [1.29, 1.82) is 0 Å². The highest BCUT2D eigenvalue weighted by molar-refractivity contribution is 7.07. The third kappa shape index (κ3) is 3.79. The van der Waals surface area contributed by atoms with Crippen molar-refractivity contribution >= 4 is 17.2 Å². The van der Waals surface area contributed by atoms with Gasteiger partial charge in [0.15, 0.2) is 0 Å². The smallest absolute Gasteiger partial charge is 0.225 e. The first-order valence-electron chi connectivity index (χ1n) is 7.51. The Balaban J connectivity index is 1.88. The van der Waals surface area contributed by atoms with Gasteiger partial charge in [0.25, 0.3) is 0 Å². The summed E-state index contributed by atoms with van der Waals surface area (Å²) >= 11 is 1.64. The van der Waals surface area contributed by atoms with E-state index in [4.69, 9.17) is 0 Å². The Morgan fingerprint density at radius 3 is 3.00 bits per heavy atom. The van der Waals surface area contributed by atoms with E-state index in [0.29, 0.717) is 17.9 Å². The molecule has 0 saturated carbocycles. The van der Waals surface area contributed by atoms with Crippen LogP contribution < -0.4 is 5.32 Å². The van der Waals surface area contributed by atoms with Crippen molar-refractivity contribution in [2.45, 2.75) is 46.2 Å². The van der Waals surface area contributed by atoms with Crippen LogP contribution in [0.25, 0.3) is 0 Å². The lowest BCUT2D eigenvalue weighted by Gasteiger charge is -2.39. The van der Waals surface area contributed by atoms with Crippen molar-refractivity contribution < 1.29 is 4.79 Å². The molecule has 0 unspecified atom stereocenters. The van der Waals surface area contributed by atoms with E-state index >= 15 is 0 Å². The summed E-state index contributed by atoms with van der Waals surface area (Å²) in [5.41, 5.74) is 2.99. The number of carbonyl (C=O) groups is 1. The second kappa shape index (κ2) is 7.18. The predicted octanol–water partition coefficient (Wildman–Crippen LogP) is 2.52. The number of nitrogens with zero attached hydrogens (tertiary/aromatic N) is 2. The van der Waals surface area contributed by atoms with E-state index in [9.17, 15) is 4.79 Å². The highest BCUT2D eigenvalue weighted by Crippen LogP contribution is 2.22. The molecule has 0 radical (unpaired) electrons. The molecule has 0 aromatic carbocycles. The summed E-state index contributed by atoms with van der Waals surface area (Å²) in [4.78, 5) is 18.5. The second-order valence-electron chi connectivity index (χ2n) is 5.86.